The number of carboxylic acid groups (broad SMARTS) is 1. The van der Waals surface area contributed by atoms with Gasteiger partial charge >= 0.3 is 18.2 Å². The first-order valence-electron chi connectivity index (χ1n) is 4.42. The Hall–Kier alpha value is -2.32. The highest BCUT2D eigenvalue weighted by Gasteiger charge is 2.37. The van der Waals surface area contributed by atoms with Gasteiger partial charge in [-0.25, -0.2) is 14.6 Å². The number of aromatic carboxylic acids is 1. The molecule has 1 amide bonds. The SMILES string of the molecule is COC(=O)Nc1ccc(C(=O)O)nc1C(F)(F)F. The number of nitrogens with zero attached hydrogens (tertiary/aromatic N) is 1. The van der Waals surface area contributed by atoms with Crippen LogP contribution in [0.2, 0.25) is 0 Å². The van der Waals surface area contributed by atoms with E-state index in [4.69, 9.17) is 5.11 Å². The van der Waals surface area contributed by atoms with E-state index in [9.17, 15) is 22.8 Å². The third-order valence-electron chi connectivity index (χ3n) is 1.80. The smallest absolute Gasteiger partial charge is 0.435 e. The molecule has 0 aliphatic heterocycles. The number of amides is 1. The van der Waals surface area contributed by atoms with Crippen molar-refractivity contribution < 1.29 is 32.6 Å². The lowest BCUT2D eigenvalue weighted by Gasteiger charge is -2.12. The highest BCUT2D eigenvalue weighted by Crippen LogP contribution is 2.33. The normalized spacial score (nSPS) is 10.9. The summed E-state index contributed by atoms with van der Waals surface area (Å²) in [5, 5.41) is 10.3. The fourth-order valence-corrected chi connectivity index (χ4v) is 1.06. The van der Waals surface area contributed by atoms with Crippen LogP contribution in [0.25, 0.3) is 0 Å². The molecular weight excluding hydrogens is 257 g/mol. The number of hydrogen-bond acceptors (Lipinski definition) is 4. The van der Waals surface area contributed by atoms with E-state index in [1.54, 1.807) is 5.32 Å². The van der Waals surface area contributed by atoms with Crippen LogP contribution in [0.3, 0.4) is 0 Å². The van der Waals surface area contributed by atoms with Gasteiger partial charge in [0.1, 0.15) is 5.69 Å². The molecule has 6 nitrogen and oxygen atoms in total. The summed E-state index contributed by atoms with van der Waals surface area (Å²) in [6.45, 7) is 0. The van der Waals surface area contributed by atoms with E-state index >= 15 is 0 Å². The lowest BCUT2D eigenvalue weighted by Crippen LogP contribution is -2.19. The number of alkyl halides is 3. The second kappa shape index (κ2) is 4.90. The number of rotatable bonds is 2. The average Bonchev–Trinajstić information content (AvgIpc) is 2.27. The number of hydrogen-bond donors (Lipinski definition) is 2. The number of anilines is 1. The Balaban J connectivity index is 3.26. The van der Waals surface area contributed by atoms with Gasteiger partial charge in [0.25, 0.3) is 0 Å². The number of carbonyl (C=O) groups excluding carboxylic acids is 1. The zero-order valence-corrected chi connectivity index (χ0v) is 8.91. The lowest BCUT2D eigenvalue weighted by atomic mass is 10.2. The molecule has 1 heterocycles. The van der Waals surface area contributed by atoms with Gasteiger partial charge in [0.15, 0.2) is 5.69 Å². The molecule has 0 aromatic carbocycles. The first-order valence-corrected chi connectivity index (χ1v) is 4.42. The van der Waals surface area contributed by atoms with E-state index in [2.05, 4.69) is 9.72 Å². The number of halogens is 3. The largest absolute Gasteiger partial charge is 0.477 e. The quantitative estimate of drug-likeness (QED) is 0.852. The minimum atomic E-state index is -4.90. The first kappa shape index (κ1) is 13.7. The lowest BCUT2D eigenvalue weighted by molar-refractivity contribution is -0.140. The summed E-state index contributed by atoms with van der Waals surface area (Å²) < 4.78 is 41.9. The van der Waals surface area contributed by atoms with Crippen LogP contribution in [-0.2, 0) is 10.9 Å². The van der Waals surface area contributed by atoms with Crippen molar-refractivity contribution in [1.29, 1.82) is 0 Å². The number of ether oxygens (including phenoxy) is 1. The first-order chi connectivity index (χ1) is 8.25. The second-order valence-electron chi connectivity index (χ2n) is 3.01. The molecule has 0 saturated heterocycles. The number of carboxylic acids is 1. The number of pyridine rings is 1. The molecule has 0 aliphatic carbocycles. The Morgan fingerprint density at radius 2 is 2.00 bits per heavy atom. The summed E-state index contributed by atoms with van der Waals surface area (Å²) >= 11 is 0. The van der Waals surface area contributed by atoms with Crippen LogP contribution in [0.1, 0.15) is 16.2 Å². The molecule has 0 bridgehead atoms. The predicted molar refractivity (Wildman–Crippen MR) is 52.2 cm³/mol. The summed E-state index contributed by atoms with van der Waals surface area (Å²) in [4.78, 5) is 24.3. The summed E-state index contributed by atoms with van der Waals surface area (Å²) in [5.74, 6) is -1.61. The molecule has 0 saturated carbocycles. The molecule has 2 N–H and O–H groups in total. The van der Waals surface area contributed by atoms with Crippen molar-refractivity contribution in [1.82, 2.24) is 4.98 Å². The van der Waals surface area contributed by atoms with E-state index in [-0.39, 0.29) is 0 Å². The van der Waals surface area contributed by atoms with Gasteiger partial charge in [0, 0.05) is 0 Å². The fraction of sp³-hybridized carbons (Fsp3) is 0.222. The Kier molecular flexibility index (Phi) is 3.74. The molecular formula is C9H7F3N2O4. The molecule has 0 unspecified atom stereocenters. The molecule has 0 aliphatic rings. The van der Waals surface area contributed by atoms with E-state index in [0.717, 1.165) is 19.2 Å². The van der Waals surface area contributed by atoms with Gasteiger partial charge in [-0.1, -0.05) is 0 Å². The third-order valence-corrected chi connectivity index (χ3v) is 1.80. The zero-order chi connectivity index (χ0) is 13.9. The third kappa shape index (κ3) is 3.09. The van der Waals surface area contributed by atoms with Crippen molar-refractivity contribution in [2.24, 2.45) is 0 Å². The number of methoxy groups -OCH3 is 1. The van der Waals surface area contributed by atoms with E-state index in [1.807, 2.05) is 0 Å². The van der Waals surface area contributed by atoms with Crippen molar-refractivity contribution in [2.75, 3.05) is 12.4 Å². The predicted octanol–water partition coefficient (Wildman–Crippen LogP) is 1.98. The van der Waals surface area contributed by atoms with Crippen molar-refractivity contribution in [3.05, 3.63) is 23.5 Å². The summed E-state index contributed by atoms with van der Waals surface area (Å²) in [6.07, 6.45) is -6.02. The molecule has 1 rings (SSSR count). The molecule has 98 valence electrons. The Morgan fingerprint density at radius 3 is 2.44 bits per heavy atom. The molecule has 0 radical (unpaired) electrons. The molecule has 1 aromatic heterocycles. The maximum Gasteiger partial charge on any atom is 0.435 e. The standard InChI is InChI=1S/C9H7F3N2O4/c1-18-8(17)14-4-2-3-5(7(15)16)13-6(4)9(10,11)12/h2-3H,1H3,(H,14,17)(H,15,16). The van der Waals surface area contributed by atoms with Gasteiger partial charge in [-0.05, 0) is 12.1 Å². The van der Waals surface area contributed by atoms with Gasteiger partial charge in [0.2, 0.25) is 0 Å². The highest BCUT2D eigenvalue weighted by atomic mass is 19.4. The van der Waals surface area contributed by atoms with E-state index < -0.39 is 35.3 Å². The van der Waals surface area contributed by atoms with Crippen LogP contribution in [0.5, 0.6) is 0 Å². The summed E-state index contributed by atoms with van der Waals surface area (Å²) in [7, 11) is 0.974. The molecule has 0 atom stereocenters. The molecule has 0 spiro atoms. The summed E-state index contributed by atoms with van der Waals surface area (Å²) in [6, 6.07) is 1.62. The highest BCUT2D eigenvalue weighted by molar-refractivity contribution is 5.88. The van der Waals surface area contributed by atoms with Gasteiger partial charge in [-0.2, -0.15) is 13.2 Å². The van der Waals surface area contributed by atoms with Crippen LogP contribution < -0.4 is 5.32 Å². The number of aromatic nitrogens is 1. The Labute approximate surface area is 98.4 Å². The van der Waals surface area contributed by atoms with Crippen molar-refractivity contribution in [2.45, 2.75) is 6.18 Å². The van der Waals surface area contributed by atoms with E-state index in [1.165, 1.54) is 0 Å². The van der Waals surface area contributed by atoms with Gasteiger partial charge in [0.05, 0.1) is 12.8 Å². The fourth-order valence-electron chi connectivity index (χ4n) is 1.06. The van der Waals surface area contributed by atoms with Gasteiger partial charge in [-0.15, -0.1) is 0 Å². The minimum absolute atomic E-state index is 0.681. The maximum atomic E-state index is 12.6. The maximum absolute atomic E-state index is 12.6. The number of carbonyl (C=O) groups is 2. The molecule has 18 heavy (non-hydrogen) atoms. The van der Waals surface area contributed by atoms with E-state index in [0.29, 0.717) is 0 Å². The molecule has 9 heteroatoms. The molecule has 0 fully saturated rings. The molecule has 1 aromatic rings. The minimum Gasteiger partial charge on any atom is -0.477 e. The second-order valence-corrected chi connectivity index (χ2v) is 3.01. The van der Waals surface area contributed by atoms with Crippen LogP contribution in [0.4, 0.5) is 23.7 Å². The average molecular weight is 264 g/mol. The van der Waals surface area contributed by atoms with Gasteiger partial charge < -0.3 is 9.84 Å². The van der Waals surface area contributed by atoms with Crippen molar-refractivity contribution in [3.8, 4) is 0 Å². The van der Waals surface area contributed by atoms with Crippen molar-refractivity contribution in [3.63, 3.8) is 0 Å². The van der Waals surface area contributed by atoms with Crippen LogP contribution in [0.15, 0.2) is 12.1 Å². The zero-order valence-electron chi connectivity index (χ0n) is 8.91. The topological polar surface area (TPSA) is 88.5 Å². The van der Waals surface area contributed by atoms with Gasteiger partial charge in [-0.3, -0.25) is 5.32 Å². The van der Waals surface area contributed by atoms with Crippen LogP contribution >= 0.6 is 0 Å². The Bertz CT molecular complexity index is 487. The Morgan fingerprint density at radius 1 is 1.39 bits per heavy atom. The van der Waals surface area contributed by atoms with Crippen molar-refractivity contribution >= 4 is 17.7 Å². The van der Waals surface area contributed by atoms with Crippen LogP contribution in [0, 0.1) is 0 Å². The summed E-state index contributed by atoms with van der Waals surface area (Å²) in [5.41, 5.74) is -2.97. The van der Waals surface area contributed by atoms with Crippen LogP contribution in [-0.4, -0.2) is 29.3 Å². The number of nitrogens with one attached hydrogen (secondary N) is 1. The monoisotopic (exact) mass is 264 g/mol.